The van der Waals surface area contributed by atoms with E-state index >= 15 is 0 Å². The van der Waals surface area contributed by atoms with Gasteiger partial charge in [0.1, 0.15) is 5.56 Å². The van der Waals surface area contributed by atoms with Gasteiger partial charge >= 0.3 is 11.9 Å². The summed E-state index contributed by atoms with van der Waals surface area (Å²) in [7, 11) is 0. The lowest BCUT2D eigenvalue weighted by Gasteiger charge is -2.09. The molecular formula is C7H2BrF4NO2. The zero-order valence-electron chi connectivity index (χ0n) is 6.81. The van der Waals surface area contributed by atoms with E-state index in [0.717, 1.165) is 6.07 Å². The molecule has 0 saturated heterocycles. The minimum atomic E-state index is -4.98. The molecule has 0 fully saturated rings. The minimum absolute atomic E-state index is 0.571. The molecule has 1 aromatic rings. The highest BCUT2D eigenvalue weighted by atomic mass is 79.9. The van der Waals surface area contributed by atoms with E-state index in [-0.39, 0.29) is 0 Å². The summed E-state index contributed by atoms with van der Waals surface area (Å²) in [5.41, 5.74) is -2.87. The van der Waals surface area contributed by atoms with Crippen LogP contribution in [0.3, 0.4) is 0 Å². The molecule has 0 bridgehead atoms. The van der Waals surface area contributed by atoms with Crippen molar-refractivity contribution in [2.75, 3.05) is 0 Å². The van der Waals surface area contributed by atoms with Gasteiger partial charge in [-0.3, -0.25) is 10.1 Å². The Bertz CT molecular complexity index is 418. The Balaban J connectivity index is 3.51. The number of nitrogens with zero attached hydrogens (tertiary/aromatic N) is 1. The van der Waals surface area contributed by atoms with E-state index in [9.17, 15) is 27.7 Å². The highest BCUT2D eigenvalue weighted by Gasteiger charge is 2.39. The van der Waals surface area contributed by atoms with Gasteiger partial charge in [0, 0.05) is 10.5 Å². The molecule has 15 heavy (non-hydrogen) atoms. The van der Waals surface area contributed by atoms with Crippen molar-refractivity contribution in [2.45, 2.75) is 6.18 Å². The van der Waals surface area contributed by atoms with Crippen molar-refractivity contribution in [2.24, 2.45) is 0 Å². The van der Waals surface area contributed by atoms with E-state index in [1.165, 1.54) is 0 Å². The molecule has 0 radical (unpaired) electrons. The van der Waals surface area contributed by atoms with Crippen LogP contribution < -0.4 is 0 Å². The van der Waals surface area contributed by atoms with Crippen molar-refractivity contribution in [1.82, 2.24) is 0 Å². The van der Waals surface area contributed by atoms with Gasteiger partial charge in [-0.1, -0.05) is 15.9 Å². The molecule has 0 aliphatic heterocycles. The first-order valence-electron chi connectivity index (χ1n) is 3.44. The monoisotopic (exact) mass is 287 g/mol. The van der Waals surface area contributed by atoms with Crippen LogP contribution in [-0.2, 0) is 6.18 Å². The lowest BCUT2D eigenvalue weighted by Crippen LogP contribution is -2.11. The van der Waals surface area contributed by atoms with Crippen LogP contribution in [0.4, 0.5) is 23.2 Å². The first-order chi connectivity index (χ1) is 6.75. The Kier molecular flexibility index (Phi) is 2.98. The predicted molar refractivity (Wildman–Crippen MR) is 45.8 cm³/mol. The molecule has 1 aromatic carbocycles. The van der Waals surface area contributed by atoms with Gasteiger partial charge in [-0.05, 0) is 6.07 Å². The quantitative estimate of drug-likeness (QED) is 0.451. The second-order valence-corrected chi connectivity index (χ2v) is 3.36. The van der Waals surface area contributed by atoms with Gasteiger partial charge in [-0.25, -0.2) is 0 Å². The molecule has 8 heteroatoms. The molecule has 0 atom stereocenters. The van der Waals surface area contributed by atoms with Gasteiger partial charge in [0.25, 0.3) is 0 Å². The topological polar surface area (TPSA) is 43.1 Å². The third kappa shape index (κ3) is 2.25. The fraction of sp³-hybridized carbons (Fsp3) is 0.143. The fourth-order valence-electron chi connectivity index (χ4n) is 0.942. The van der Waals surface area contributed by atoms with Crippen LogP contribution in [0.2, 0.25) is 0 Å². The summed E-state index contributed by atoms with van der Waals surface area (Å²) in [6, 6.07) is 1.44. The molecular weight excluding hydrogens is 286 g/mol. The van der Waals surface area contributed by atoms with Crippen molar-refractivity contribution < 1.29 is 22.5 Å². The third-order valence-corrected chi connectivity index (χ3v) is 2.21. The maximum absolute atomic E-state index is 13.1. The SMILES string of the molecule is O=[N+]([O-])c1ccc(Br)c(C(F)(F)F)c1F. The molecule has 0 N–H and O–H groups in total. The lowest BCUT2D eigenvalue weighted by atomic mass is 10.2. The summed E-state index contributed by atoms with van der Waals surface area (Å²) in [5.74, 6) is -1.89. The standard InChI is InChI=1S/C7H2BrF4NO2/c8-3-1-2-4(13(14)15)6(9)5(3)7(10,11)12/h1-2H. The molecule has 0 amide bonds. The molecule has 0 unspecified atom stereocenters. The van der Waals surface area contributed by atoms with Gasteiger partial charge in [-0.15, -0.1) is 0 Å². The Labute approximate surface area is 89.0 Å². The van der Waals surface area contributed by atoms with E-state index in [0.29, 0.717) is 6.07 Å². The van der Waals surface area contributed by atoms with Crippen LogP contribution in [0.5, 0.6) is 0 Å². The van der Waals surface area contributed by atoms with Crippen LogP contribution >= 0.6 is 15.9 Å². The Morgan fingerprint density at radius 3 is 2.27 bits per heavy atom. The highest BCUT2D eigenvalue weighted by Crippen LogP contribution is 2.39. The summed E-state index contributed by atoms with van der Waals surface area (Å²) in [6.45, 7) is 0. The number of halogens is 5. The summed E-state index contributed by atoms with van der Waals surface area (Å²) in [4.78, 5) is 8.98. The Morgan fingerprint density at radius 2 is 1.87 bits per heavy atom. The third-order valence-electron chi connectivity index (χ3n) is 1.55. The normalized spacial score (nSPS) is 11.5. The van der Waals surface area contributed by atoms with E-state index in [1.54, 1.807) is 0 Å². The van der Waals surface area contributed by atoms with E-state index in [2.05, 4.69) is 15.9 Å². The van der Waals surface area contributed by atoms with Crippen molar-refractivity contribution in [3.05, 3.63) is 38.1 Å². The minimum Gasteiger partial charge on any atom is -0.258 e. The predicted octanol–water partition coefficient (Wildman–Crippen LogP) is 3.52. The van der Waals surface area contributed by atoms with Crippen LogP contribution in [0.15, 0.2) is 16.6 Å². The summed E-state index contributed by atoms with van der Waals surface area (Å²) < 4.78 is 49.3. The molecule has 82 valence electrons. The highest BCUT2D eigenvalue weighted by molar-refractivity contribution is 9.10. The zero-order valence-corrected chi connectivity index (χ0v) is 8.39. The molecule has 0 aliphatic carbocycles. The van der Waals surface area contributed by atoms with Gasteiger partial charge in [0.15, 0.2) is 0 Å². The Hall–Kier alpha value is -1.18. The first kappa shape index (κ1) is 11.9. The average molecular weight is 288 g/mol. The second kappa shape index (κ2) is 3.76. The molecule has 0 aromatic heterocycles. The number of nitro groups is 1. The number of benzene rings is 1. The van der Waals surface area contributed by atoms with Gasteiger partial charge < -0.3 is 0 Å². The van der Waals surface area contributed by atoms with Gasteiger partial charge in [-0.2, -0.15) is 17.6 Å². The first-order valence-corrected chi connectivity index (χ1v) is 4.24. The van der Waals surface area contributed by atoms with Crippen LogP contribution in [0.1, 0.15) is 5.56 Å². The smallest absolute Gasteiger partial charge is 0.258 e. The van der Waals surface area contributed by atoms with Crippen LogP contribution in [0, 0.1) is 15.9 Å². The van der Waals surface area contributed by atoms with Crippen molar-refractivity contribution in [3.8, 4) is 0 Å². The number of nitro benzene ring substituents is 1. The maximum atomic E-state index is 13.1. The molecule has 0 spiro atoms. The molecule has 0 heterocycles. The molecule has 3 nitrogen and oxygen atoms in total. The maximum Gasteiger partial charge on any atom is 0.420 e. The number of hydrogen-bond donors (Lipinski definition) is 0. The zero-order chi connectivity index (χ0) is 11.8. The number of hydrogen-bond acceptors (Lipinski definition) is 2. The van der Waals surface area contributed by atoms with Crippen molar-refractivity contribution in [1.29, 1.82) is 0 Å². The average Bonchev–Trinajstić information content (AvgIpc) is 2.00. The second-order valence-electron chi connectivity index (χ2n) is 2.51. The van der Waals surface area contributed by atoms with E-state index in [1.807, 2.05) is 0 Å². The lowest BCUT2D eigenvalue weighted by molar-refractivity contribution is -0.387. The summed E-state index contributed by atoms with van der Waals surface area (Å²) in [5, 5.41) is 10.2. The summed E-state index contributed by atoms with van der Waals surface area (Å²) in [6.07, 6.45) is -4.98. The molecule has 0 aliphatic rings. The summed E-state index contributed by atoms with van der Waals surface area (Å²) >= 11 is 2.48. The molecule has 1 rings (SSSR count). The number of rotatable bonds is 1. The largest absolute Gasteiger partial charge is 0.420 e. The van der Waals surface area contributed by atoms with Crippen molar-refractivity contribution in [3.63, 3.8) is 0 Å². The van der Waals surface area contributed by atoms with E-state index < -0.39 is 32.6 Å². The fourth-order valence-corrected chi connectivity index (χ4v) is 1.47. The van der Waals surface area contributed by atoms with Crippen molar-refractivity contribution >= 4 is 21.6 Å². The van der Waals surface area contributed by atoms with Crippen LogP contribution in [-0.4, -0.2) is 4.92 Å². The number of alkyl halides is 3. The van der Waals surface area contributed by atoms with Gasteiger partial charge in [0.2, 0.25) is 5.82 Å². The van der Waals surface area contributed by atoms with Gasteiger partial charge in [0.05, 0.1) is 4.92 Å². The molecule has 0 saturated carbocycles. The Morgan fingerprint density at radius 1 is 1.33 bits per heavy atom. The van der Waals surface area contributed by atoms with E-state index in [4.69, 9.17) is 0 Å². The van der Waals surface area contributed by atoms with Crippen LogP contribution in [0.25, 0.3) is 0 Å².